The summed E-state index contributed by atoms with van der Waals surface area (Å²) >= 11 is 0. The zero-order valence-corrected chi connectivity index (χ0v) is 10.4. The van der Waals surface area contributed by atoms with Gasteiger partial charge < -0.3 is 5.11 Å². The van der Waals surface area contributed by atoms with Crippen molar-refractivity contribution in [2.45, 2.75) is 44.9 Å². The normalized spacial score (nSPS) is 24.5. The van der Waals surface area contributed by atoms with Crippen molar-refractivity contribution in [1.29, 1.82) is 0 Å². The van der Waals surface area contributed by atoms with Gasteiger partial charge in [0.1, 0.15) is 0 Å². The Labute approximate surface area is 103 Å². The van der Waals surface area contributed by atoms with E-state index in [1.54, 1.807) is 0 Å². The smallest absolute Gasteiger partial charge is 0.303 e. The second-order valence-corrected chi connectivity index (χ2v) is 5.24. The topological polar surface area (TPSA) is 37.3 Å². The number of benzene rings is 1. The molecular weight excluding hydrogens is 212 g/mol. The predicted molar refractivity (Wildman–Crippen MR) is 68.1 cm³/mol. The molecule has 92 valence electrons. The highest BCUT2D eigenvalue weighted by Crippen LogP contribution is 2.37. The Morgan fingerprint density at radius 3 is 2.65 bits per heavy atom. The standard InChI is InChI=1S/C15H20O2/c1-11-5-7-13(8-6-11)14-4-2-3-12(9-14)10-15(16)17/h5-8,12,14H,2-4,9-10H2,1H3,(H,16,17)/t12-,14+/m1/s1. The largest absolute Gasteiger partial charge is 0.481 e. The van der Waals surface area contributed by atoms with Crippen LogP contribution in [0, 0.1) is 12.8 Å². The van der Waals surface area contributed by atoms with Crippen molar-refractivity contribution in [1.82, 2.24) is 0 Å². The molecule has 1 aromatic rings. The van der Waals surface area contributed by atoms with Crippen molar-refractivity contribution in [3.8, 4) is 0 Å². The quantitative estimate of drug-likeness (QED) is 0.861. The lowest BCUT2D eigenvalue weighted by Gasteiger charge is -2.28. The zero-order valence-electron chi connectivity index (χ0n) is 10.4. The van der Waals surface area contributed by atoms with Crippen LogP contribution in [0.5, 0.6) is 0 Å². The van der Waals surface area contributed by atoms with Crippen LogP contribution in [-0.2, 0) is 4.79 Å². The minimum Gasteiger partial charge on any atom is -0.481 e. The van der Waals surface area contributed by atoms with Gasteiger partial charge in [0.15, 0.2) is 0 Å². The lowest BCUT2D eigenvalue weighted by atomic mass is 9.77. The lowest BCUT2D eigenvalue weighted by molar-refractivity contribution is -0.138. The van der Waals surface area contributed by atoms with E-state index >= 15 is 0 Å². The van der Waals surface area contributed by atoms with E-state index in [0.717, 1.165) is 19.3 Å². The SMILES string of the molecule is Cc1ccc([C@H]2CCC[C@@H](CC(=O)O)C2)cc1. The molecule has 0 aliphatic heterocycles. The first kappa shape index (κ1) is 12.2. The Morgan fingerprint density at radius 1 is 1.29 bits per heavy atom. The summed E-state index contributed by atoms with van der Waals surface area (Å²) in [5.41, 5.74) is 2.66. The van der Waals surface area contributed by atoms with E-state index in [2.05, 4.69) is 31.2 Å². The average Bonchev–Trinajstić information content (AvgIpc) is 2.29. The highest BCUT2D eigenvalue weighted by molar-refractivity contribution is 5.67. The average molecular weight is 232 g/mol. The Kier molecular flexibility index (Phi) is 3.82. The van der Waals surface area contributed by atoms with Crippen LogP contribution in [0.4, 0.5) is 0 Å². The molecule has 1 aromatic carbocycles. The van der Waals surface area contributed by atoms with Crippen molar-refractivity contribution in [3.63, 3.8) is 0 Å². The molecule has 0 spiro atoms. The molecule has 0 aromatic heterocycles. The molecule has 1 aliphatic rings. The van der Waals surface area contributed by atoms with E-state index < -0.39 is 5.97 Å². The number of aliphatic carboxylic acids is 1. The van der Waals surface area contributed by atoms with Gasteiger partial charge in [0.05, 0.1) is 0 Å². The van der Waals surface area contributed by atoms with Crippen LogP contribution in [0.1, 0.15) is 49.1 Å². The molecule has 2 rings (SSSR count). The third kappa shape index (κ3) is 3.32. The van der Waals surface area contributed by atoms with Crippen LogP contribution >= 0.6 is 0 Å². The molecule has 1 N–H and O–H groups in total. The summed E-state index contributed by atoms with van der Waals surface area (Å²) in [5, 5.41) is 8.86. The van der Waals surface area contributed by atoms with Gasteiger partial charge in [-0.25, -0.2) is 0 Å². The second kappa shape index (κ2) is 5.35. The summed E-state index contributed by atoms with van der Waals surface area (Å²) < 4.78 is 0. The molecule has 17 heavy (non-hydrogen) atoms. The molecule has 0 saturated heterocycles. The molecule has 0 heterocycles. The fourth-order valence-electron chi connectivity index (χ4n) is 2.86. The van der Waals surface area contributed by atoms with Gasteiger partial charge in [0, 0.05) is 6.42 Å². The highest BCUT2D eigenvalue weighted by atomic mass is 16.4. The summed E-state index contributed by atoms with van der Waals surface area (Å²) in [4.78, 5) is 10.8. The van der Waals surface area contributed by atoms with Crippen LogP contribution in [0.25, 0.3) is 0 Å². The number of hydrogen-bond donors (Lipinski definition) is 1. The van der Waals surface area contributed by atoms with E-state index in [0.29, 0.717) is 18.3 Å². The molecule has 2 atom stereocenters. The maximum absolute atomic E-state index is 10.8. The Morgan fingerprint density at radius 2 is 2.00 bits per heavy atom. The van der Waals surface area contributed by atoms with Gasteiger partial charge in [-0.1, -0.05) is 36.2 Å². The first-order valence-corrected chi connectivity index (χ1v) is 6.43. The summed E-state index contributed by atoms with van der Waals surface area (Å²) in [6, 6.07) is 8.69. The first-order chi connectivity index (χ1) is 8.15. The molecule has 0 amide bonds. The van der Waals surface area contributed by atoms with Crippen LogP contribution in [0.3, 0.4) is 0 Å². The molecule has 2 nitrogen and oxygen atoms in total. The second-order valence-electron chi connectivity index (χ2n) is 5.24. The Balaban J connectivity index is 2.01. The Bertz CT molecular complexity index is 380. The van der Waals surface area contributed by atoms with Gasteiger partial charge in [-0.15, -0.1) is 0 Å². The van der Waals surface area contributed by atoms with Crippen LogP contribution in [0.2, 0.25) is 0 Å². The number of carboxylic acid groups (broad SMARTS) is 1. The predicted octanol–water partition coefficient (Wildman–Crippen LogP) is 3.74. The fraction of sp³-hybridized carbons (Fsp3) is 0.533. The minimum atomic E-state index is -0.653. The summed E-state index contributed by atoms with van der Waals surface area (Å²) in [5.74, 6) is 0.279. The third-order valence-corrected chi connectivity index (χ3v) is 3.79. The summed E-state index contributed by atoms with van der Waals surface area (Å²) in [7, 11) is 0. The van der Waals surface area contributed by atoms with E-state index in [1.807, 2.05) is 0 Å². The van der Waals surface area contributed by atoms with Crippen molar-refractivity contribution >= 4 is 5.97 Å². The van der Waals surface area contributed by atoms with Gasteiger partial charge in [0.25, 0.3) is 0 Å². The number of carboxylic acids is 1. The molecular formula is C15H20O2. The van der Waals surface area contributed by atoms with Gasteiger partial charge in [-0.3, -0.25) is 4.79 Å². The number of carbonyl (C=O) groups is 1. The highest BCUT2D eigenvalue weighted by Gasteiger charge is 2.24. The third-order valence-electron chi connectivity index (χ3n) is 3.79. The molecule has 1 aliphatic carbocycles. The van der Waals surface area contributed by atoms with E-state index in [9.17, 15) is 4.79 Å². The monoisotopic (exact) mass is 232 g/mol. The van der Waals surface area contributed by atoms with E-state index in [1.165, 1.54) is 17.5 Å². The molecule has 0 bridgehead atoms. The van der Waals surface area contributed by atoms with Crippen LogP contribution in [-0.4, -0.2) is 11.1 Å². The first-order valence-electron chi connectivity index (χ1n) is 6.43. The van der Waals surface area contributed by atoms with Gasteiger partial charge in [-0.05, 0) is 43.6 Å². The molecule has 2 heteroatoms. The van der Waals surface area contributed by atoms with Crippen molar-refractivity contribution < 1.29 is 9.90 Å². The van der Waals surface area contributed by atoms with Gasteiger partial charge >= 0.3 is 5.97 Å². The molecule has 0 radical (unpaired) electrons. The number of hydrogen-bond acceptors (Lipinski definition) is 1. The lowest BCUT2D eigenvalue weighted by Crippen LogP contribution is -2.17. The minimum absolute atomic E-state index is 0.336. The molecule has 1 fully saturated rings. The van der Waals surface area contributed by atoms with Gasteiger partial charge in [-0.2, -0.15) is 0 Å². The van der Waals surface area contributed by atoms with Crippen LogP contribution < -0.4 is 0 Å². The molecule has 0 unspecified atom stereocenters. The van der Waals surface area contributed by atoms with E-state index in [4.69, 9.17) is 5.11 Å². The maximum atomic E-state index is 10.8. The van der Waals surface area contributed by atoms with Crippen molar-refractivity contribution in [2.75, 3.05) is 0 Å². The maximum Gasteiger partial charge on any atom is 0.303 e. The van der Waals surface area contributed by atoms with Gasteiger partial charge in [0.2, 0.25) is 0 Å². The summed E-state index contributed by atoms with van der Waals surface area (Å²) in [6.45, 7) is 2.10. The van der Waals surface area contributed by atoms with Crippen molar-refractivity contribution in [3.05, 3.63) is 35.4 Å². The zero-order chi connectivity index (χ0) is 12.3. The van der Waals surface area contributed by atoms with E-state index in [-0.39, 0.29) is 0 Å². The Hall–Kier alpha value is -1.31. The molecule has 1 saturated carbocycles. The number of rotatable bonds is 3. The van der Waals surface area contributed by atoms with Crippen molar-refractivity contribution in [2.24, 2.45) is 5.92 Å². The van der Waals surface area contributed by atoms with Crippen LogP contribution in [0.15, 0.2) is 24.3 Å². The number of aryl methyl sites for hydroxylation is 1. The summed E-state index contributed by atoms with van der Waals surface area (Å²) in [6.07, 6.45) is 4.82. The fourth-order valence-corrected chi connectivity index (χ4v) is 2.86.